The molecule has 7 heteroatoms. The molecule has 204 valence electrons. The van der Waals surface area contributed by atoms with Gasteiger partial charge in [-0.15, -0.1) is 0 Å². The highest BCUT2D eigenvalue weighted by Gasteiger charge is 2.70. The van der Waals surface area contributed by atoms with Crippen molar-refractivity contribution >= 4 is 10.1 Å². The van der Waals surface area contributed by atoms with E-state index in [1.54, 1.807) is 0 Å². The molecular formula is C28H50O6S. The first-order valence-corrected chi connectivity index (χ1v) is 15.7. The van der Waals surface area contributed by atoms with Crippen LogP contribution in [0.3, 0.4) is 0 Å². The summed E-state index contributed by atoms with van der Waals surface area (Å²) in [6.07, 6.45) is 5.98. The Bertz CT molecular complexity index is 888. The van der Waals surface area contributed by atoms with Gasteiger partial charge in [0.05, 0.1) is 23.6 Å². The Balaban J connectivity index is 1.66. The highest BCUT2D eigenvalue weighted by Crippen LogP contribution is 2.71. The zero-order valence-corrected chi connectivity index (χ0v) is 23.5. The second kappa shape index (κ2) is 9.21. The molecule has 0 bridgehead atoms. The van der Waals surface area contributed by atoms with Gasteiger partial charge >= 0.3 is 0 Å². The summed E-state index contributed by atoms with van der Waals surface area (Å²) in [6.45, 7) is 12.9. The van der Waals surface area contributed by atoms with Gasteiger partial charge in [0, 0.05) is 0 Å². The lowest BCUT2D eigenvalue weighted by atomic mass is 9.38. The Morgan fingerprint density at radius 1 is 0.971 bits per heavy atom. The number of rotatable bonds is 6. The van der Waals surface area contributed by atoms with Crippen LogP contribution in [0, 0.1) is 58.2 Å². The molecule has 35 heavy (non-hydrogen) atoms. The lowest BCUT2D eigenvalue weighted by Gasteiger charge is -2.68. The quantitative estimate of drug-likeness (QED) is 0.387. The van der Waals surface area contributed by atoms with Crippen LogP contribution in [0.25, 0.3) is 0 Å². The molecule has 0 amide bonds. The fourth-order valence-electron chi connectivity index (χ4n) is 10.6. The first-order valence-electron chi connectivity index (χ1n) is 14.1. The summed E-state index contributed by atoms with van der Waals surface area (Å²) in [5.74, 6) is 1.06. The number of hydrogen-bond acceptors (Lipinski definition) is 5. The molecule has 3 unspecified atom stereocenters. The van der Waals surface area contributed by atoms with Crippen molar-refractivity contribution < 1.29 is 28.3 Å². The van der Waals surface area contributed by atoms with E-state index >= 15 is 0 Å². The predicted molar refractivity (Wildman–Crippen MR) is 137 cm³/mol. The molecule has 6 nitrogen and oxygen atoms in total. The molecule has 4 N–H and O–H groups in total. The summed E-state index contributed by atoms with van der Waals surface area (Å²) in [5.41, 5.74) is -1.15. The van der Waals surface area contributed by atoms with E-state index in [0.717, 1.165) is 38.5 Å². The van der Waals surface area contributed by atoms with Crippen molar-refractivity contribution in [1.29, 1.82) is 0 Å². The minimum Gasteiger partial charge on any atom is -0.393 e. The van der Waals surface area contributed by atoms with Crippen molar-refractivity contribution in [2.45, 2.75) is 111 Å². The fraction of sp³-hybridized carbons (Fsp3) is 1.00. The van der Waals surface area contributed by atoms with E-state index in [2.05, 4.69) is 27.7 Å². The number of fused-ring (bicyclic) bond motifs is 5. The molecule has 0 aromatic carbocycles. The molecule has 0 aromatic rings. The van der Waals surface area contributed by atoms with E-state index in [1.807, 2.05) is 13.8 Å². The van der Waals surface area contributed by atoms with Gasteiger partial charge < -0.3 is 15.3 Å². The standard InChI is InChI=1S/C28H50O6S/c1-7-19-22-13-18(29)10-11-26(22,4)23-14-24(30)27(5)20(8-9-21(27)25(23)28(19,6)31)17(3)12-16(2)15-35(32,33)34/h16-25,29-31H,7-15H2,1-6H3,(H,32,33,34)/t16-,17+,18-,19-,20-,21?,22+,23?,24+,25?,26+,27-,28+/m1/s1. The zero-order chi connectivity index (χ0) is 26.1. The van der Waals surface area contributed by atoms with E-state index in [4.69, 9.17) is 0 Å². The fourth-order valence-corrected chi connectivity index (χ4v) is 11.5. The normalized spacial score (nSPS) is 51.7. The van der Waals surface area contributed by atoms with Crippen molar-refractivity contribution in [3.63, 3.8) is 0 Å². The molecule has 4 aliphatic carbocycles. The van der Waals surface area contributed by atoms with Crippen molar-refractivity contribution in [2.75, 3.05) is 5.75 Å². The third-order valence-corrected chi connectivity index (χ3v) is 13.0. The van der Waals surface area contributed by atoms with Gasteiger partial charge in [0.25, 0.3) is 10.1 Å². The van der Waals surface area contributed by atoms with Gasteiger partial charge in [-0.2, -0.15) is 8.42 Å². The topological polar surface area (TPSA) is 115 Å². The van der Waals surface area contributed by atoms with Crippen LogP contribution >= 0.6 is 0 Å². The van der Waals surface area contributed by atoms with E-state index < -0.39 is 21.8 Å². The Hall–Kier alpha value is -0.210. The lowest BCUT2D eigenvalue weighted by Crippen LogP contribution is -2.69. The summed E-state index contributed by atoms with van der Waals surface area (Å²) in [6, 6.07) is 0. The van der Waals surface area contributed by atoms with E-state index in [0.29, 0.717) is 12.8 Å². The van der Waals surface area contributed by atoms with Gasteiger partial charge in [0.15, 0.2) is 0 Å². The molecule has 0 aromatic heterocycles. The maximum Gasteiger partial charge on any atom is 0.265 e. The molecule has 0 heterocycles. The van der Waals surface area contributed by atoms with Crippen LogP contribution in [0.5, 0.6) is 0 Å². The Morgan fingerprint density at radius 2 is 1.63 bits per heavy atom. The van der Waals surface area contributed by atoms with Crippen LogP contribution in [0.2, 0.25) is 0 Å². The second-order valence-electron chi connectivity index (χ2n) is 13.9. The summed E-state index contributed by atoms with van der Waals surface area (Å²) in [7, 11) is -4.00. The smallest absolute Gasteiger partial charge is 0.265 e. The Labute approximate surface area is 213 Å². The molecule has 4 fully saturated rings. The maximum absolute atomic E-state index is 12.3. The van der Waals surface area contributed by atoms with Crippen molar-refractivity contribution in [3.8, 4) is 0 Å². The highest BCUT2D eigenvalue weighted by atomic mass is 32.2. The Kier molecular flexibility index (Phi) is 7.32. The van der Waals surface area contributed by atoms with Crippen LogP contribution in [-0.4, -0.2) is 51.9 Å². The minimum atomic E-state index is -4.00. The molecule has 4 saturated carbocycles. The summed E-state index contributed by atoms with van der Waals surface area (Å²) >= 11 is 0. The second-order valence-corrected chi connectivity index (χ2v) is 15.4. The van der Waals surface area contributed by atoms with Crippen LogP contribution in [0.4, 0.5) is 0 Å². The van der Waals surface area contributed by atoms with Crippen molar-refractivity contribution in [1.82, 2.24) is 0 Å². The van der Waals surface area contributed by atoms with Gasteiger partial charge in [0.2, 0.25) is 0 Å². The summed E-state index contributed by atoms with van der Waals surface area (Å²) in [5, 5.41) is 34.6. The molecule has 4 rings (SSSR count). The van der Waals surface area contributed by atoms with Gasteiger partial charge in [-0.1, -0.05) is 41.0 Å². The van der Waals surface area contributed by atoms with Gasteiger partial charge in [-0.3, -0.25) is 4.55 Å². The van der Waals surface area contributed by atoms with Gasteiger partial charge in [0.1, 0.15) is 0 Å². The number of aliphatic hydroxyl groups excluding tert-OH is 2. The minimum absolute atomic E-state index is 0.0167. The predicted octanol–water partition coefficient (Wildman–Crippen LogP) is 4.52. The van der Waals surface area contributed by atoms with Crippen LogP contribution in [-0.2, 0) is 10.1 Å². The number of hydrogen-bond donors (Lipinski definition) is 4. The SMILES string of the molecule is CC[C@@H]1[C@@H]2C[C@H](O)CC[C@]2(C)C2C[C@H](O)[C@@]3(C)C(CC[C@@H]3[C@@H](C)C[C@@H](C)CS(=O)(=O)O)C2[C@@]1(C)O. The zero-order valence-electron chi connectivity index (χ0n) is 22.7. The number of aliphatic hydroxyl groups is 3. The molecule has 0 saturated heterocycles. The maximum atomic E-state index is 12.3. The van der Waals surface area contributed by atoms with E-state index in [1.165, 1.54) is 0 Å². The van der Waals surface area contributed by atoms with Crippen molar-refractivity contribution in [2.24, 2.45) is 58.2 Å². The van der Waals surface area contributed by atoms with Crippen LogP contribution < -0.4 is 0 Å². The largest absolute Gasteiger partial charge is 0.393 e. The first-order chi connectivity index (χ1) is 16.1. The van der Waals surface area contributed by atoms with Crippen LogP contribution in [0.15, 0.2) is 0 Å². The Morgan fingerprint density at radius 3 is 2.23 bits per heavy atom. The molecule has 4 aliphatic rings. The molecular weight excluding hydrogens is 464 g/mol. The third-order valence-electron chi connectivity index (χ3n) is 12.0. The van der Waals surface area contributed by atoms with Crippen molar-refractivity contribution in [3.05, 3.63) is 0 Å². The van der Waals surface area contributed by atoms with Gasteiger partial charge in [-0.25, -0.2) is 0 Å². The third kappa shape index (κ3) is 4.43. The van der Waals surface area contributed by atoms with Gasteiger partial charge in [-0.05, 0) is 110 Å². The van der Waals surface area contributed by atoms with E-state index in [-0.39, 0.29) is 70.0 Å². The average Bonchev–Trinajstić information content (AvgIpc) is 3.07. The highest BCUT2D eigenvalue weighted by molar-refractivity contribution is 7.85. The molecule has 0 radical (unpaired) electrons. The first kappa shape index (κ1) is 27.8. The summed E-state index contributed by atoms with van der Waals surface area (Å²) < 4.78 is 32.1. The molecule has 13 atom stereocenters. The molecule has 0 aliphatic heterocycles. The summed E-state index contributed by atoms with van der Waals surface area (Å²) in [4.78, 5) is 0. The molecule has 0 spiro atoms. The lowest BCUT2D eigenvalue weighted by molar-refractivity contribution is -0.263. The van der Waals surface area contributed by atoms with Crippen LogP contribution in [0.1, 0.15) is 92.9 Å². The monoisotopic (exact) mass is 514 g/mol. The van der Waals surface area contributed by atoms with E-state index in [9.17, 15) is 28.3 Å². The average molecular weight is 515 g/mol.